The summed E-state index contributed by atoms with van der Waals surface area (Å²) < 4.78 is 0. The molecular weight excluding hydrogens is 593 g/mol. The summed E-state index contributed by atoms with van der Waals surface area (Å²) in [7, 11) is 0. The summed E-state index contributed by atoms with van der Waals surface area (Å²) in [6, 6.07) is 21.7. The lowest BCUT2D eigenvalue weighted by Crippen LogP contribution is -2.45. The molecule has 1 aliphatic rings. The van der Waals surface area contributed by atoms with Crippen LogP contribution in [-0.2, 0) is 22.7 Å². The van der Waals surface area contributed by atoms with Crippen LogP contribution in [0.3, 0.4) is 0 Å². The van der Waals surface area contributed by atoms with Crippen molar-refractivity contribution in [3.05, 3.63) is 83.4 Å². The number of benzene rings is 3. The van der Waals surface area contributed by atoms with Crippen LogP contribution in [0.4, 0.5) is 0 Å². The van der Waals surface area contributed by atoms with E-state index in [1.165, 1.54) is 11.8 Å². The van der Waals surface area contributed by atoms with Crippen molar-refractivity contribution >= 4 is 41.2 Å². The molecule has 3 aromatic carbocycles. The molecule has 0 radical (unpaired) electrons. The largest absolute Gasteiger partial charge is 0.392 e. The SMILES string of the molecule is CCNC(=O)c1ccccc1-c1ccc(CN2Cc3ccc(SC)cc3S[C@@H](NC(=O)CC(C)CNC[C@@H](C)O)C2=O)cc1. The highest BCUT2D eigenvalue weighted by Crippen LogP contribution is 2.35. The van der Waals surface area contributed by atoms with Crippen LogP contribution in [-0.4, -0.2) is 65.1 Å². The molecule has 3 amide bonds. The second-order valence-electron chi connectivity index (χ2n) is 11.2. The van der Waals surface area contributed by atoms with E-state index in [9.17, 15) is 19.5 Å². The first-order valence-electron chi connectivity index (χ1n) is 15.0. The number of nitrogens with zero attached hydrogens (tertiary/aromatic N) is 1. The van der Waals surface area contributed by atoms with E-state index in [-0.39, 0.29) is 30.1 Å². The highest BCUT2D eigenvalue weighted by molar-refractivity contribution is 8.01. The minimum Gasteiger partial charge on any atom is -0.392 e. The number of nitrogens with one attached hydrogen (secondary N) is 3. The lowest BCUT2D eigenvalue weighted by atomic mass is 9.98. The molecule has 0 aliphatic carbocycles. The van der Waals surface area contributed by atoms with Crippen molar-refractivity contribution < 1.29 is 19.5 Å². The van der Waals surface area contributed by atoms with Gasteiger partial charge in [0.1, 0.15) is 0 Å². The average molecular weight is 635 g/mol. The predicted molar refractivity (Wildman–Crippen MR) is 178 cm³/mol. The van der Waals surface area contributed by atoms with Gasteiger partial charge in [-0.05, 0) is 73.0 Å². The molecule has 234 valence electrons. The van der Waals surface area contributed by atoms with Crippen molar-refractivity contribution in [2.45, 2.75) is 61.6 Å². The molecule has 1 heterocycles. The molecule has 8 nitrogen and oxygen atoms in total. The van der Waals surface area contributed by atoms with Crippen LogP contribution in [0.2, 0.25) is 0 Å². The van der Waals surface area contributed by atoms with E-state index in [4.69, 9.17) is 0 Å². The number of hydrogen-bond donors (Lipinski definition) is 4. The monoisotopic (exact) mass is 634 g/mol. The second-order valence-corrected chi connectivity index (χ2v) is 13.2. The molecule has 0 fully saturated rings. The van der Waals surface area contributed by atoms with Crippen molar-refractivity contribution in [2.75, 3.05) is 25.9 Å². The van der Waals surface area contributed by atoms with Crippen molar-refractivity contribution in [1.29, 1.82) is 0 Å². The molecular formula is C34H42N4O4S2. The number of thioether (sulfide) groups is 2. The minimum absolute atomic E-state index is 0.0443. The molecule has 3 aromatic rings. The fraction of sp³-hybridized carbons (Fsp3) is 0.382. The van der Waals surface area contributed by atoms with E-state index < -0.39 is 11.5 Å². The molecule has 4 N–H and O–H groups in total. The van der Waals surface area contributed by atoms with Gasteiger partial charge in [0.15, 0.2) is 5.37 Å². The van der Waals surface area contributed by atoms with Gasteiger partial charge in [-0.1, -0.05) is 67.2 Å². The Morgan fingerprint density at radius 2 is 1.82 bits per heavy atom. The van der Waals surface area contributed by atoms with E-state index in [1.807, 2.05) is 68.6 Å². The Hall–Kier alpha value is -3.31. The predicted octanol–water partition coefficient (Wildman–Crippen LogP) is 4.90. The molecule has 10 heteroatoms. The van der Waals surface area contributed by atoms with Crippen molar-refractivity contribution in [3.63, 3.8) is 0 Å². The van der Waals surface area contributed by atoms with E-state index in [0.717, 1.165) is 32.0 Å². The second kappa shape index (κ2) is 16.1. The smallest absolute Gasteiger partial charge is 0.256 e. The zero-order chi connectivity index (χ0) is 31.6. The third-order valence-electron chi connectivity index (χ3n) is 7.32. The third kappa shape index (κ3) is 9.11. The summed E-state index contributed by atoms with van der Waals surface area (Å²) in [6.45, 7) is 8.02. The number of hydrogen-bond acceptors (Lipinski definition) is 7. The van der Waals surface area contributed by atoms with Gasteiger partial charge in [-0.25, -0.2) is 0 Å². The van der Waals surface area contributed by atoms with Gasteiger partial charge in [-0.15, -0.1) is 11.8 Å². The van der Waals surface area contributed by atoms with E-state index in [2.05, 4.69) is 34.1 Å². The Balaban J connectivity index is 1.52. The molecule has 0 bridgehead atoms. The highest BCUT2D eigenvalue weighted by Gasteiger charge is 2.32. The maximum atomic E-state index is 13.9. The molecule has 4 rings (SSSR count). The number of aliphatic hydroxyl groups is 1. The van der Waals surface area contributed by atoms with Crippen molar-refractivity contribution in [2.24, 2.45) is 5.92 Å². The Bertz CT molecular complexity index is 1450. The van der Waals surface area contributed by atoms with E-state index in [1.54, 1.807) is 23.6 Å². The summed E-state index contributed by atoms with van der Waals surface area (Å²) in [5.74, 6) is -0.387. The number of carbonyl (C=O) groups excluding carboxylic acids is 3. The van der Waals surface area contributed by atoms with Gasteiger partial charge in [0.25, 0.3) is 11.8 Å². The summed E-state index contributed by atoms with van der Waals surface area (Å²) in [4.78, 5) is 43.5. The summed E-state index contributed by atoms with van der Waals surface area (Å²) >= 11 is 3.03. The van der Waals surface area contributed by atoms with Gasteiger partial charge in [0, 0.05) is 48.0 Å². The summed E-state index contributed by atoms with van der Waals surface area (Å²) in [5, 5.41) is 17.8. The first kappa shape index (κ1) is 33.6. The first-order valence-corrected chi connectivity index (χ1v) is 17.1. The number of carbonyl (C=O) groups is 3. The standard InChI is InChI=1S/C34H42N4O4S2/c1-5-36-32(41)29-9-7-6-8-28(29)25-12-10-24(11-13-25)20-38-21-26-14-15-27(43-4)17-30(26)44-33(34(38)42)37-31(40)16-22(2)18-35-19-23(3)39/h6-15,17,22-23,33,35,39H,5,16,18-21H2,1-4H3,(H,36,41)(H,37,40)/t22?,23-,33-/m1/s1. The minimum atomic E-state index is -0.748. The van der Waals surface area contributed by atoms with Crippen LogP contribution in [0.15, 0.2) is 76.5 Å². The van der Waals surface area contributed by atoms with Gasteiger partial charge in [0.05, 0.1) is 6.10 Å². The molecule has 0 saturated carbocycles. The van der Waals surface area contributed by atoms with Crippen molar-refractivity contribution in [3.8, 4) is 11.1 Å². The number of amides is 3. The molecule has 1 aliphatic heterocycles. The fourth-order valence-corrected chi connectivity index (χ4v) is 6.77. The van der Waals surface area contributed by atoms with Crippen LogP contribution < -0.4 is 16.0 Å². The van der Waals surface area contributed by atoms with Crippen LogP contribution in [0.5, 0.6) is 0 Å². The lowest BCUT2D eigenvalue weighted by molar-refractivity contribution is -0.135. The van der Waals surface area contributed by atoms with Gasteiger partial charge >= 0.3 is 0 Å². The highest BCUT2D eigenvalue weighted by atomic mass is 32.2. The Labute approximate surface area is 268 Å². The van der Waals surface area contributed by atoms with Gasteiger partial charge in [-0.2, -0.15) is 0 Å². The maximum absolute atomic E-state index is 13.9. The average Bonchev–Trinajstić information content (AvgIpc) is 3.12. The van der Waals surface area contributed by atoms with E-state index in [0.29, 0.717) is 38.3 Å². The summed E-state index contributed by atoms with van der Waals surface area (Å²) in [5.41, 5.74) is 4.39. The zero-order valence-electron chi connectivity index (χ0n) is 25.8. The quantitative estimate of drug-likeness (QED) is 0.198. The van der Waals surface area contributed by atoms with Crippen molar-refractivity contribution in [1.82, 2.24) is 20.9 Å². The van der Waals surface area contributed by atoms with Gasteiger partial charge < -0.3 is 26.0 Å². The van der Waals surface area contributed by atoms with Gasteiger partial charge in [-0.3, -0.25) is 14.4 Å². The topological polar surface area (TPSA) is 111 Å². The Morgan fingerprint density at radius 1 is 1.07 bits per heavy atom. The van der Waals surface area contributed by atoms with E-state index >= 15 is 0 Å². The van der Waals surface area contributed by atoms with Gasteiger partial charge in [0.2, 0.25) is 5.91 Å². The van der Waals surface area contributed by atoms with Crippen LogP contribution in [0, 0.1) is 5.92 Å². The summed E-state index contributed by atoms with van der Waals surface area (Å²) in [6.07, 6.45) is 1.84. The number of rotatable bonds is 13. The number of aliphatic hydroxyl groups excluding tert-OH is 1. The molecule has 3 atom stereocenters. The Morgan fingerprint density at radius 3 is 2.52 bits per heavy atom. The van der Waals surface area contributed by atoms with Crippen LogP contribution >= 0.6 is 23.5 Å². The van der Waals surface area contributed by atoms with Crippen LogP contribution in [0.25, 0.3) is 11.1 Å². The number of fused-ring (bicyclic) bond motifs is 1. The normalized spacial score (nSPS) is 16.1. The first-order chi connectivity index (χ1) is 21.2. The third-order valence-corrected chi connectivity index (χ3v) is 9.24. The molecule has 1 unspecified atom stereocenters. The molecule has 44 heavy (non-hydrogen) atoms. The lowest BCUT2D eigenvalue weighted by Gasteiger charge is -2.25. The van der Waals surface area contributed by atoms with Crippen LogP contribution in [0.1, 0.15) is 48.7 Å². The molecule has 0 saturated heterocycles. The Kier molecular flexibility index (Phi) is 12.3. The maximum Gasteiger partial charge on any atom is 0.256 e. The molecule has 0 spiro atoms. The fourth-order valence-electron chi connectivity index (χ4n) is 5.09. The molecule has 0 aromatic heterocycles. The zero-order valence-corrected chi connectivity index (χ0v) is 27.4.